The van der Waals surface area contributed by atoms with Crippen LogP contribution in [0.1, 0.15) is 18.8 Å². The van der Waals surface area contributed by atoms with Gasteiger partial charge in [-0.2, -0.15) is 9.07 Å². The molecule has 94 valence electrons. The lowest BCUT2D eigenvalue weighted by molar-refractivity contribution is -0.387. The average Bonchev–Trinajstić information content (AvgIpc) is 2.78. The van der Waals surface area contributed by atoms with Crippen LogP contribution in [-0.2, 0) is 0 Å². The lowest BCUT2D eigenvalue weighted by atomic mass is 10.2. The van der Waals surface area contributed by atoms with Gasteiger partial charge in [0.05, 0.1) is 16.7 Å². The Balaban J connectivity index is 2.54. The van der Waals surface area contributed by atoms with E-state index in [1.54, 1.807) is 6.92 Å². The van der Waals surface area contributed by atoms with E-state index in [0.29, 0.717) is 5.82 Å². The van der Waals surface area contributed by atoms with E-state index >= 15 is 0 Å². The number of hydrogen-bond acceptors (Lipinski definition) is 6. The zero-order valence-electron chi connectivity index (χ0n) is 9.32. The number of halogens is 1. The molecule has 9 heteroatoms. The number of tetrazole rings is 1. The number of rotatable bonds is 3. The van der Waals surface area contributed by atoms with Gasteiger partial charge in [-0.15, -0.1) is 5.10 Å². The van der Waals surface area contributed by atoms with Gasteiger partial charge >= 0.3 is 5.69 Å². The van der Waals surface area contributed by atoms with Crippen molar-refractivity contribution < 1.29 is 9.31 Å². The van der Waals surface area contributed by atoms with Crippen molar-refractivity contribution in [3.63, 3.8) is 0 Å². The van der Waals surface area contributed by atoms with E-state index in [9.17, 15) is 14.5 Å². The summed E-state index contributed by atoms with van der Waals surface area (Å²) < 4.78 is 14.4. The van der Waals surface area contributed by atoms with Crippen LogP contribution < -0.4 is 5.73 Å². The Morgan fingerprint density at radius 3 is 2.89 bits per heavy atom. The summed E-state index contributed by atoms with van der Waals surface area (Å²) in [5, 5.41) is 21.4. The predicted octanol–water partition coefficient (Wildman–Crippen LogP) is 0.729. The van der Waals surface area contributed by atoms with Crippen LogP contribution in [0.2, 0.25) is 0 Å². The SMILES string of the molecule is CC(N)c1nnnn1-c1ccc(F)c([N+](=O)[O-])c1. The zero-order valence-corrected chi connectivity index (χ0v) is 9.32. The van der Waals surface area contributed by atoms with E-state index in [4.69, 9.17) is 5.73 Å². The minimum absolute atomic E-state index is 0.278. The molecule has 1 aromatic carbocycles. The van der Waals surface area contributed by atoms with Gasteiger partial charge < -0.3 is 5.73 Å². The Labute approximate surface area is 100 Å². The molecule has 1 aromatic heterocycles. The highest BCUT2D eigenvalue weighted by Crippen LogP contribution is 2.21. The van der Waals surface area contributed by atoms with Gasteiger partial charge in [-0.3, -0.25) is 10.1 Å². The second-order valence-corrected chi connectivity index (χ2v) is 3.63. The molecule has 0 spiro atoms. The van der Waals surface area contributed by atoms with Crippen LogP contribution in [0.15, 0.2) is 18.2 Å². The van der Waals surface area contributed by atoms with Gasteiger partial charge in [-0.1, -0.05) is 0 Å². The maximum Gasteiger partial charge on any atom is 0.306 e. The standard InChI is InChI=1S/C9H9FN6O2/c1-5(11)9-12-13-14-15(9)6-2-3-7(10)8(4-6)16(17)18/h2-5H,11H2,1H3. The van der Waals surface area contributed by atoms with Gasteiger partial charge in [0.25, 0.3) is 0 Å². The Bertz CT molecular complexity index is 596. The lowest BCUT2D eigenvalue weighted by Crippen LogP contribution is -2.13. The van der Waals surface area contributed by atoms with Gasteiger partial charge in [0.2, 0.25) is 5.82 Å². The minimum atomic E-state index is -0.917. The third-order valence-corrected chi connectivity index (χ3v) is 2.27. The van der Waals surface area contributed by atoms with E-state index < -0.39 is 22.5 Å². The molecule has 1 unspecified atom stereocenters. The van der Waals surface area contributed by atoms with Crippen LogP contribution in [0.5, 0.6) is 0 Å². The second-order valence-electron chi connectivity index (χ2n) is 3.63. The number of nitrogens with zero attached hydrogens (tertiary/aromatic N) is 5. The fraction of sp³-hybridized carbons (Fsp3) is 0.222. The first-order valence-corrected chi connectivity index (χ1v) is 4.99. The van der Waals surface area contributed by atoms with Gasteiger partial charge in [0.1, 0.15) is 0 Å². The van der Waals surface area contributed by atoms with E-state index in [1.165, 1.54) is 10.7 Å². The van der Waals surface area contributed by atoms with Crippen molar-refractivity contribution in [3.05, 3.63) is 40.0 Å². The average molecular weight is 252 g/mol. The van der Waals surface area contributed by atoms with Gasteiger partial charge in [-0.05, 0) is 29.5 Å². The van der Waals surface area contributed by atoms with Crippen LogP contribution in [0.3, 0.4) is 0 Å². The summed E-state index contributed by atoms with van der Waals surface area (Å²) in [4.78, 5) is 9.83. The first-order chi connectivity index (χ1) is 8.50. The Hall–Kier alpha value is -2.42. The fourth-order valence-corrected chi connectivity index (χ4v) is 1.43. The molecule has 0 radical (unpaired) electrons. The lowest BCUT2D eigenvalue weighted by Gasteiger charge is -2.06. The predicted molar refractivity (Wildman–Crippen MR) is 58.4 cm³/mol. The second kappa shape index (κ2) is 4.45. The summed E-state index contributed by atoms with van der Waals surface area (Å²) in [6.45, 7) is 1.67. The fourth-order valence-electron chi connectivity index (χ4n) is 1.43. The Morgan fingerprint density at radius 1 is 1.56 bits per heavy atom. The normalized spacial score (nSPS) is 12.4. The van der Waals surface area contributed by atoms with Crippen LogP contribution in [0.4, 0.5) is 10.1 Å². The van der Waals surface area contributed by atoms with Crippen molar-refractivity contribution >= 4 is 5.69 Å². The molecular formula is C9H9FN6O2. The number of benzene rings is 1. The van der Waals surface area contributed by atoms with Crippen LogP contribution in [0, 0.1) is 15.9 Å². The topological polar surface area (TPSA) is 113 Å². The van der Waals surface area contributed by atoms with Crippen LogP contribution in [0.25, 0.3) is 5.69 Å². The molecule has 0 bridgehead atoms. The van der Waals surface area contributed by atoms with E-state index in [-0.39, 0.29) is 5.69 Å². The smallest absolute Gasteiger partial charge is 0.306 e. The quantitative estimate of drug-likeness (QED) is 0.636. The maximum atomic E-state index is 13.2. The maximum absolute atomic E-state index is 13.2. The Morgan fingerprint density at radius 2 is 2.28 bits per heavy atom. The molecule has 2 aromatic rings. The number of nitro groups is 1. The molecule has 2 rings (SSSR count). The summed E-state index contributed by atoms with van der Waals surface area (Å²) in [6, 6.07) is 2.92. The largest absolute Gasteiger partial charge is 0.321 e. The van der Waals surface area contributed by atoms with Gasteiger partial charge in [0.15, 0.2) is 5.82 Å². The van der Waals surface area contributed by atoms with Crippen molar-refractivity contribution in [2.75, 3.05) is 0 Å². The van der Waals surface area contributed by atoms with Crippen molar-refractivity contribution in [2.24, 2.45) is 5.73 Å². The third kappa shape index (κ3) is 2.02. The molecule has 0 saturated carbocycles. The molecule has 0 aliphatic heterocycles. The number of hydrogen-bond donors (Lipinski definition) is 1. The summed E-state index contributed by atoms with van der Waals surface area (Å²) in [7, 11) is 0. The van der Waals surface area contributed by atoms with Crippen molar-refractivity contribution in [2.45, 2.75) is 13.0 Å². The molecule has 0 aliphatic rings. The first-order valence-electron chi connectivity index (χ1n) is 4.99. The van der Waals surface area contributed by atoms with Gasteiger partial charge in [0, 0.05) is 6.07 Å². The van der Waals surface area contributed by atoms with Crippen molar-refractivity contribution in [1.82, 2.24) is 20.2 Å². The zero-order chi connectivity index (χ0) is 13.3. The summed E-state index contributed by atoms with van der Waals surface area (Å²) in [6.07, 6.45) is 0. The third-order valence-electron chi connectivity index (χ3n) is 2.27. The van der Waals surface area contributed by atoms with Crippen LogP contribution in [-0.4, -0.2) is 25.1 Å². The number of nitrogens with two attached hydrogens (primary N) is 1. The van der Waals surface area contributed by atoms with Crippen molar-refractivity contribution in [3.8, 4) is 5.69 Å². The van der Waals surface area contributed by atoms with Crippen LogP contribution >= 0.6 is 0 Å². The summed E-state index contributed by atoms with van der Waals surface area (Å²) >= 11 is 0. The summed E-state index contributed by atoms with van der Waals surface area (Å²) in [5.41, 5.74) is 5.29. The van der Waals surface area contributed by atoms with E-state index in [1.807, 2.05) is 0 Å². The highest BCUT2D eigenvalue weighted by Gasteiger charge is 2.18. The molecule has 0 saturated heterocycles. The summed E-state index contributed by atoms with van der Waals surface area (Å²) in [5.74, 6) is -0.588. The molecule has 2 N–H and O–H groups in total. The highest BCUT2D eigenvalue weighted by molar-refractivity contribution is 5.44. The molecule has 0 aliphatic carbocycles. The minimum Gasteiger partial charge on any atom is -0.321 e. The van der Waals surface area contributed by atoms with Gasteiger partial charge in [-0.25, -0.2) is 0 Å². The molecule has 0 amide bonds. The van der Waals surface area contributed by atoms with Crippen molar-refractivity contribution in [1.29, 1.82) is 0 Å². The number of aromatic nitrogens is 4. The molecule has 1 atom stereocenters. The molecular weight excluding hydrogens is 243 g/mol. The first kappa shape index (κ1) is 12.0. The molecule has 0 fully saturated rings. The highest BCUT2D eigenvalue weighted by atomic mass is 19.1. The van der Waals surface area contributed by atoms with E-state index in [2.05, 4.69) is 15.5 Å². The number of nitro benzene ring substituents is 1. The molecule has 18 heavy (non-hydrogen) atoms. The van der Waals surface area contributed by atoms with E-state index in [0.717, 1.165) is 12.1 Å². The monoisotopic (exact) mass is 252 g/mol. The Kier molecular flexibility index (Phi) is 2.98. The molecule has 8 nitrogen and oxygen atoms in total. The molecule has 1 heterocycles.